The Morgan fingerprint density at radius 2 is 1.60 bits per heavy atom. The molecule has 0 saturated carbocycles. The standard InChI is InChI=1S/C11H12N2O7/c12-3(11(19)20)1-2-4-5(13-10(2)18)7(15)9(17)8(16)6(4)14/h3,13-18H,1,12H2,(H,19,20). The topological polar surface area (TPSA) is 180 Å². The SMILES string of the molecule is NC(Cc1c(O)[nH]c2c(O)c(O)c(O)c(O)c12)C(=O)O. The van der Waals surface area contributed by atoms with Gasteiger partial charge in [-0.2, -0.15) is 0 Å². The van der Waals surface area contributed by atoms with Gasteiger partial charge in [0.15, 0.2) is 17.4 Å². The molecule has 2 aromatic rings. The van der Waals surface area contributed by atoms with Gasteiger partial charge >= 0.3 is 5.97 Å². The van der Waals surface area contributed by atoms with Gasteiger partial charge in [-0.3, -0.25) is 4.79 Å². The number of hydrogen-bond donors (Lipinski definition) is 8. The summed E-state index contributed by atoms with van der Waals surface area (Å²) in [4.78, 5) is 13.0. The first-order valence-electron chi connectivity index (χ1n) is 5.43. The Morgan fingerprint density at radius 3 is 2.15 bits per heavy atom. The van der Waals surface area contributed by atoms with E-state index in [0.29, 0.717) is 0 Å². The summed E-state index contributed by atoms with van der Waals surface area (Å²) in [5.74, 6) is -5.41. The highest BCUT2D eigenvalue weighted by atomic mass is 16.4. The van der Waals surface area contributed by atoms with Crippen LogP contribution in [0.4, 0.5) is 0 Å². The van der Waals surface area contributed by atoms with Crippen molar-refractivity contribution < 1.29 is 35.4 Å². The zero-order chi connectivity index (χ0) is 15.2. The third-order valence-electron chi connectivity index (χ3n) is 2.97. The van der Waals surface area contributed by atoms with E-state index in [1.165, 1.54) is 0 Å². The number of aromatic hydroxyl groups is 5. The minimum absolute atomic E-state index is 0.0991. The molecule has 0 saturated heterocycles. The van der Waals surface area contributed by atoms with E-state index in [0.717, 1.165) is 0 Å². The Morgan fingerprint density at radius 1 is 1.05 bits per heavy atom. The first kappa shape index (κ1) is 13.6. The molecule has 9 nitrogen and oxygen atoms in total. The Kier molecular flexibility index (Phi) is 2.99. The molecule has 9 N–H and O–H groups in total. The molecule has 9 heteroatoms. The van der Waals surface area contributed by atoms with E-state index in [4.69, 9.17) is 10.8 Å². The maximum atomic E-state index is 10.7. The van der Waals surface area contributed by atoms with Crippen LogP contribution in [0, 0.1) is 0 Å². The van der Waals surface area contributed by atoms with Crippen molar-refractivity contribution in [2.24, 2.45) is 5.73 Å². The van der Waals surface area contributed by atoms with Crippen molar-refractivity contribution in [3.05, 3.63) is 5.56 Å². The Balaban J connectivity index is 2.73. The van der Waals surface area contributed by atoms with Crippen LogP contribution < -0.4 is 5.73 Å². The quantitative estimate of drug-likeness (QED) is 0.278. The predicted octanol–water partition coefficient (Wildman–Crippen LogP) is -0.350. The molecule has 1 aromatic carbocycles. The van der Waals surface area contributed by atoms with Gasteiger partial charge in [0, 0.05) is 12.0 Å². The second-order valence-electron chi connectivity index (χ2n) is 4.25. The lowest BCUT2D eigenvalue weighted by molar-refractivity contribution is -0.138. The molecular formula is C11H12N2O7. The highest BCUT2D eigenvalue weighted by Gasteiger charge is 2.26. The summed E-state index contributed by atoms with van der Waals surface area (Å²) >= 11 is 0. The normalized spacial score (nSPS) is 12.7. The molecule has 108 valence electrons. The van der Waals surface area contributed by atoms with E-state index in [-0.39, 0.29) is 22.9 Å². The van der Waals surface area contributed by atoms with E-state index >= 15 is 0 Å². The average Bonchev–Trinajstić information content (AvgIpc) is 2.71. The number of nitrogens with two attached hydrogens (primary N) is 1. The third kappa shape index (κ3) is 1.80. The van der Waals surface area contributed by atoms with Crippen LogP contribution in [0.5, 0.6) is 28.9 Å². The van der Waals surface area contributed by atoms with Gasteiger partial charge in [-0.25, -0.2) is 0 Å². The van der Waals surface area contributed by atoms with Crippen LogP contribution >= 0.6 is 0 Å². The molecule has 0 amide bonds. The van der Waals surface area contributed by atoms with Crippen molar-refractivity contribution in [1.29, 1.82) is 0 Å². The predicted molar refractivity (Wildman–Crippen MR) is 65.9 cm³/mol. The van der Waals surface area contributed by atoms with Gasteiger partial charge in [-0.15, -0.1) is 0 Å². The van der Waals surface area contributed by atoms with E-state index < -0.39 is 40.9 Å². The molecule has 0 radical (unpaired) electrons. The van der Waals surface area contributed by atoms with Crippen LogP contribution in [0.1, 0.15) is 5.56 Å². The van der Waals surface area contributed by atoms with Crippen LogP contribution in [0.15, 0.2) is 0 Å². The molecule has 0 aliphatic rings. The molecular weight excluding hydrogens is 272 g/mol. The number of phenolic OH excluding ortho intramolecular Hbond substituents is 4. The number of hydrogen-bond acceptors (Lipinski definition) is 7. The number of carbonyl (C=O) groups is 1. The van der Waals surface area contributed by atoms with Gasteiger partial charge in [0.25, 0.3) is 0 Å². The summed E-state index contributed by atoms with van der Waals surface area (Å²) in [5.41, 5.74) is 5.00. The summed E-state index contributed by atoms with van der Waals surface area (Å²) in [7, 11) is 0. The lowest BCUT2D eigenvalue weighted by atomic mass is 10.0. The average molecular weight is 284 g/mol. The van der Waals surface area contributed by atoms with Crippen molar-refractivity contribution in [3.63, 3.8) is 0 Å². The van der Waals surface area contributed by atoms with Crippen molar-refractivity contribution in [2.45, 2.75) is 12.5 Å². The van der Waals surface area contributed by atoms with Crippen LogP contribution in [0.2, 0.25) is 0 Å². The number of nitrogens with one attached hydrogen (secondary N) is 1. The number of carboxylic acids is 1. The lowest BCUT2D eigenvalue weighted by Gasteiger charge is -2.08. The van der Waals surface area contributed by atoms with E-state index in [2.05, 4.69) is 4.98 Å². The summed E-state index contributed by atoms with van der Waals surface area (Å²) in [6.45, 7) is 0. The molecule has 0 fully saturated rings. The zero-order valence-corrected chi connectivity index (χ0v) is 9.95. The van der Waals surface area contributed by atoms with Gasteiger partial charge in [0.05, 0.1) is 10.9 Å². The molecule has 1 aromatic heterocycles. The molecule has 20 heavy (non-hydrogen) atoms. The monoisotopic (exact) mass is 284 g/mol. The molecule has 1 atom stereocenters. The molecule has 0 aliphatic heterocycles. The second kappa shape index (κ2) is 4.38. The molecule has 1 heterocycles. The molecule has 2 rings (SSSR count). The highest BCUT2D eigenvalue weighted by Crippen LogP contribution is 2.51. The third-order valence-corrected chi connectivity index (χ3v) is 2.97. The maximum Gasteiger partial charge on any atom is 0.320 e. The fraction of sp³-hybridized carbons (Fsp3) is 0.182. The van der Waals surface area contributed by atoms with Crippen LogP contribution in [-0.4, -0.2) is 47.6 Å². The van der Waals surface area contributed by atoms with Gasteiger partial charge in [0.2, 0.25) is 11.5 Å². The fourth-order valence-corrected chi connectivity index (χ4v) is 1.93. The Labute approximate surface area is 111 Å². The Bertz CT molecular complexity index is 707. The molecule has 0 bridgehead atoms. The highest BCUT2D eigenvalue weighted by molar-refractivity contribution is 6.00. The molecule has 1 unspecified atom stereocenters. The molecule has 0 spiro atoms. The van der Waals surface area contributed by atoms with Crippen molar-refractivity contribution in [2.75, 3.05) is 0 Å². The summed E-state index contributed by atoms with van der Waals surface area (Å²) in [6.07, 6.45) is -0.363. The van der Waals surface area contributed by atoms with Crippen LogP contribution in [0.3, 0.4) is 0 Å². The number of fused-ring (bicyclic) bond motifs is 1. The van der Waals surface area contributed by atoms with Gasteiger partial charge in [0.1, 0.15) is 6.04 Å². The van der Waals surface area contributed by atoms with Gasteiger partial charge in [-0.05, 0) is 0 Å². The molecule has 0 aliphatic carbocycles. The minimum atomic E-state index is -1.36. The summed E-state index contributed by atoms with van der Waals surface area (Å²) in [6, 6.07) is -1.36. The van der Waals surface area contributed by atoms with E-state index in [1.54, 1.807) is 0 Å². The maximum absolute atomic E-state index is 10.7. The number of aromatic amines is 1. The van der Waals surface area contributed by atoms with E-state index in [1.807, 2.05) is 0 Å². The van der Waals surface area contributed by atoms with Gasteiger partial charge in [-0.1, -0.05) is 0 Å². The number of phenols is 4. The number of carboxylic acid groups (broad SMARTS) is 1. The second-order valence-corrected chi connectivity index (χ2v) is 4.25. The van der Waals surface area contributed by atoms with Crippen molar-refractivity contribution in [3.8, 4) is 28.9 Å². The van der Waals surface area contributed by atoms with E-state index in [9.17, 15) is 30.3 Å². The minimum Gasteiger partial charge on any atom is -0.504 e. The number of benzene rings is 1. The smallest absolute Gasteiger partial charge is 0.320 e. The summed E-state index contributed by atoms with van der Waals surface area (Å²) in [5, 5.41) is 56.5. The first-order chi connectivity index (χ1) is 9.25. The first-order valence-corrected chi connectivity index (χ1v) is 5.43. The number of aromatic nitrogens is 1. The largest absolute Gasteiger partial charge is 0.504 e. The number of aliphatic carboxylic acids is 1. The number of H-pyrrole nitrogens is 1. The van der Waals surface area contributed by atoms with Gasteiger partial charge < -0.3 is 41.4 Å². The van der Waals surface area contributed by atoms with Crippen LogP contribution in [-0.2, 0) is 11.2 Å². The van der Waals surface area contributed by atoms with Crippen LogP contribution in [0.25, 0.3) is 10.9 Å². The fourth-order valence-electron chi connectivity index (χ4n) is 1.93. The summed E-state index contributed by atoms with van der Waals surface area (Å²) < 4.78 is 0. The zero-order valence-electron chi connectivity index (χ0n) is 9.95. The number of rotatable bonds is 3. The van der Waals surface area contributed by atoms with Crippen molar-refractivity contribution >= 4 is 16.9 Å². The Hall–Kier alpha value is -2.81. The lowest BCUT2D eigenvalue weighted by Crippen LogP contribution is -2.32. The van der Waals surface area contributed by atoms with Crippen molar-refractivity contribution in [1.82, 2.24) is 4.98 Å².